The molecule has 4 N–H and O–H groups in total. The summed E-state index contributed by atoms with van der Waals surface area (Å²) in [5.74, 6) is 0.346. The molecule has 0 bridgehead atoms. The summed E-state index contributed by atoms with van der Waals surface area (Å²) >= 11 is 0. The highest BCUT2D eigenvalue weighted by Crippen LogP contribution is 2.13. The van der Waals surface area contributed by atoms with E-state index < -0.39 is 0 Å². The van der Waals surface area contributed by atoms with Crippen LogP contribution in [0.2, 0.25) is 0 Å². The number of nitrogens with zero attached hydrogens (tertiary/aromatic N) is 1. The number of pyridine rings is 1. The van der Waals surface area contributed by atoms with Crippen molar-refractivity contribution in [1.29, 1.82) is 0 Å². The minimum Gasteiger partial charge on any atom is -0.383 e. The fourth-order valence-corrected chi connectivity index (χ4v) is 2.82. The topological polar surface area (TPSA) is 97.1 Å². The molecular weight excluding hydrogens is 364 g/mol. The Bertz CT molecular complexity index is 983. The predicted molar refractivity (Wildman–Crippen MR) is 113 cm³/mol. The maximum atomic E-state index is 12.4. The Morgan fingerprint density at radius 1 is 0.897 bits per heavy atom. The van der Waals surface area contributed by atoms with E-state index in [1.165, 1.54) is 5.56 Å². The van der Waals surface area contributed by atoms with Crippen molar-refractivity contribution >= 4 is 17.6 Å². The van der Waals surface area contributed by atoms with Crippen LogP contribution in [0.1, 0.15) is 32.6 Å². The molecule has 29 heavy (non-hydrogen) atoms. The third-order valence-electron chi connectivity index (χ3n) is 4.58. The van der Waals surface area contributed by atoms with E-state index in [4.69, 9.17) is 5.73 Å². The Hall–Kier alpha value is -3.67. The van der Waals surface area contributed by atoms with Gasteiger partial charge in [-0.05, 0) is 24.1 Å². The van der Waals surface area contributed by atoms with E-state index in [1.54, 1.807) is 30.5 Å². The molecule has 0 aliphatic heterocycles. The monoisotopic (exact) mass is 388 g/mol. The second-order valence-electron chi connectivity index (χ2n) is 6.87. The number of nitrogens with two attached hydrogens (primary N) is 1. The zero-order valence-corrected chi connectivity index (χ0v) is 16.3. The number of hydrogen-bond acceptors (Lipinski definition) is 4. The van der Waals surface area contributed by atoms with Gasteiger partial charge < -0.3 is 16.4 Å². The first kappa shape index (κ1) is 20.1. The molecule has 0 radical (unpaired) electrons. The van der Waals surface area contributed by atoms with Crippen molar-refractivity contribution in [3.63, 3.8) is 0 Å². The number of carbonyl (C=O) groups excluding carboxylic acids is 2. The number of nitrogen functional groups attached to an aromatic ring is 1. The van der Waals surface area contributed by atoms with Crippen LogP contribution in [0.25, 0.3) is 0 Å². The molecule has 3 aromatic rings. The quantitative estimate of drug-likeness (QED) is 0.541. The lowest BCUT2D eigenvalue weighted by Crippen LogP contribution is -2.34. The molecule has 148 valence electrons. The van der Waals surface area contributed by atoms with Gasteiger partial charge in [0.25, 0.3) is 0 Å². The van der Waals surface area contributed by atoms with E-state index >= 15 is 0 Å². The highest BCUT2D eigenvalue weighted by atomic mass is 16.2. The summed E-state index contributed by atoms with van der Waals surface area (Å²) in [4.78, 5) is 28.4. The number of Topliss-reactive ketones (excluding diaryl/α,β-unsaturated/α-hetero) is 1. The summed E-state index contributed by atoms with van der Waals surface area (Å²) in [7, 11) is 0. The molecule has 0 fully saturated rings. The Kier molecular flexibility index (Phi) is 6.58. The summed E-state index contributed by atoms with van der Waals surface area (Å²) < 4.78 is 0. The summed E-state index contributed by atoms with van der Waals surface area (Å²) in [5, 5.41) is 5.65. The Balaban J connectivity index is 1.47. The van der Waals surface area contributed by atoms with E-state index in [0.29, 0.717) is 30.0 Å². The molecule has 6 heteroatoms. The number of rotatable bonds is 7. The Labute approximate surface area is 170 Å². The number of amides is 2. The van der Waals surface area contributed by atoms with Crippen LogP contribution >= 0.6 is 0 Å². The van der Waals surface area contributed by atoms with Gasteiger partial charge in [0.1, 0.15) is 5.82 Å². The van der Waals surface area contributed by atoms with Crippen LogP contribution in [0.5, 0.6) is 0 Å². The van der Waals surface area contributed by atoms with E-state index in [2.05, 4.69) is 15.6 Å². The fraction of sp³-hybridized carbons (Fsp3) is 0.174. The third-order valence-corrected chi connectivity index (χ3v) is 4.58. The van der Waals surface area contributed by atoms with Gasteiger partial charge in [0.2, 0.25) is 0 Å². The Morgan fingerprint density at radius 2 is 1.48 bits per heavy atom. The second-order valence-corrected chi connectivity index (χ2v) is 6.87. The highest BCUT2D eigenvalue weighted by Gasteiger charge is 2.10. The molecule has 0 aliphatic rings. The third kappa shape index (κ3) is 5.90. The number of anilines is 1. The van der Waals surface area contributed by atoms with Crippen LogP contribution < -0.4 is 16.4 Å². The van der Waals surface area contributed by atoms with Crippen LogP contribution in [0.15, 0.2) is 66.9 Å². The number of ketones is 1. The molecule has 3 rings (SSSR count). The van der Waals surface area contributed by atoms with Crippen molar-refractivity contribution in [3.05, 3.63) is 94.7 Å². The molecule has 0 saturated carbocycles. The van der Waals surface area contributed by atoms with Gasteiger partial charge in [-0.1, -0.05) is 60.2 Å². The summed E-state index contributed by atoms with van der Waals surface area (Å²) in [6.07, 6.45) is 1.81. The van der Waals surface area contributed by atoms with Crippen LogP contribution in [0.3, 0.4) is 0 Å². The van der Waals surface area contributed by atoms with Gasteiger partial charge in [-0.2, -0.15) is 0 Å². The van der Waals surface area contributed by atoms with Gasteiger partial charge in [0, 0.05) is 36.8 Å². The second kappa shape index (κ2) is 9.50. The minimum atomic E-state index is -0.238. The smallest absolute Gasteiger partial charge is 0.315 e. The number of benzene rings is 2. The number of urea groups is 1. The largest absolute Gasteiger partial charge is 0.383 e. The van der Waals surface area contributed by atoms with Crippen LogP contribution in [0, 0.1) is 6.92 Å². The maximum absolute atomic E-state index is 12.4. The van der Waals surface area contributed by atoms with Crippen LogP contribution in [-0.2, 0) is 19.5 Å². The summed E-state index contributed by atoms with van der Waals surface area (Å²) in [6.45, 7) is 2.87. The number of aryl methyl sites for hydroxylation is 1. The van der Waals surface area contributed by atoms with Gasteiger partial charge in [-0.25, -0.2) is 9.78 Å². The van der Waals surface area contributed by atoms with Crippen molar-refractivity contribution < 1.29 is 9.59 Å². The van der Waals surface area contributed by atoms with Crippen molar-refractivity contribution in [2.24, 2.45) is 0 Å². The lowest BCUT2D eigenvalue weighted by atomic mass is 10.0. The zero-order chi connectivity index (χ0) is 20.6. The molecule has 2 amide bonds. The van der Waals surface area contributed by atoms with Crippen molar-refractivity contribution in [1.82, 2.24) is 15.6 Å². The van der Waals surface area contributed by atoms with E-state index in [9.17, 15) is 9.59 Å². The normalized spacial score (nSPS) is 10.4. The lowest BCUT2D eigenvalue weighted by molar-refractivity contribution is 0.0993. The molecule has 0 atom stereocenters. The fourth-order valence-electron chi connectivity index (χ4n) is 2.82. The summed E-state index contributed by atoms with van der Waals surface area (Å²) in [6, 6.07) is 18.5. The van der Waals surface area contributed by atoms with Crippen LogP contribution in [-0.4, -0.2) is 16.8 Å². The highest BCUT2D eigenvalue weighted by molar-refractivity contribution is 5.98. The molecule has 0 saturated heterocycles. The number of nitrogens with one attached hydrogen (secondary N) is 2. The van der Waals surface area contributed by atoms with E-state index in [0.717, 1.165) is 11.1 Å². The molecule has 1 aromatic heterocycles. The Morgan fingerprint density at radius 3 is 2.07 bits per heavy atom. The molecule has 1 heterocycles. The first-order valence-corrected chi connectivity index (χ1v) is 9.40. The standard InChI is InChI=1S/C23H24N4O2/c1-16-4-6-17(7-5-16)14-26-23(29)27-15-18-8-10-19(11-9-18)21(28)13-20-3-2-12-25-22(20)24/h2-12H,13-15H2,1H3,(H2,24,25)(H2,26,27,29). The minimum absolute atomic E-state index is 0.0277. The van der Waals surface area contributed by atoms with Crippen molar-refractivity contribution in [3.8, 4) is 0 Å². The molecule has 2 aromatic carbocycles. The maximum Gasteiger partial charge on any atom is 0.315 e. The van der Waals surface area contributed by atoms with Crippen molar-refractivity contribution in [2.45, 2.75) is 26.4 Å². The van der Waals surface area contributed by atoms with Gasteiger partial charge >= 0.3 is 6.03 Å². The average Bonchev–Trinajstić information content (AvgIpc) is 2.74. The van der Waals surface area contributed by atoms with E-state index in [-0.39, 0.29) is 18.2 Å². The molecule has 0 spiro atoms. The first-order chi connectivity index (χ1) is 14.0. The predicted octanol–water partition coefficient (Wildman–Crippen LogP) is 3.40. The summed E-state index contributed by atoms with van der Waals surface area (Å²) in [5.41, 5.74) is 10.3. The first-order valence-electron chi connectivity index (χ1n) is 9.40. The molecule has 6 nitrogen and oxygen atoms in total. The van der Waals surface area contributed by atoms with E-state index in [1.807, 2.05) is 43.3 Å². The number of aromatic nitrogens is 1. The van der Waals surface area contributed by atoms with Gasteiger partial charge in [-0.15, -0.1) is 0 Å². The molecule has 0 aliphatic carbocycles. The van der Waals surface area contributed by atoms with Crippen LogP contribution in [0.4, 0.5) is 10.6 Å². The van der Waals surface area contributed by atoms with Crippen molar-refractivity contribution in [2.75, 3.05) is 5.73 Å². The number of hydrogen-bond donors (Lipinski definition) is 3. The van der Waals surface area contributed by atoms with Gasteiger partial charge in [0.15, 0.2) is 5.78 Å². The lowest BCUT2D eigenvalue weighted by Gasteiger charge is -2.09. The SMILES string of the molecule is Cc1ccc(CNC(=O)NCc2ccc(C(=O)Cc3cccnc3N)cc2)cc1. The average molecular weight is 388 g/mol. The van der Waals surface area contributed by atoms with Gasteiger partial charge in [-0.3, -0.25) is 4.79 Å². The number of carbonyl (C=O) groups is 2. The zero-order valence-electron chi connectivity index (χ0n) is 16.3. The van der Waals surface area contributed by atoms with Gasteiger partial charge in [0.05, 0.1) is 0 Å². The molecule has 0 unspecified atom stereocenters. The molecular formula is C23H24N4O2.